The lowest BCUT2D eigenvalue weighted by Gasteiger charge is -2.38. The Morgan fingerprint density at radius 3 is 2.38 bits per heavy atom. The first-order valence-electron chi connectivity index (χ1n) is 7.19. The van der Waals surface area contributed by atoms with Crippen LogP contribution in [0.3, 0.4) is 0 Å². The molecule has 3 rings (SSSR count). The number of benzene rings is 1. The molecule has 0 aromatic heterocycles. The lowest BCUT2D eigenvalue weighted by atomic mass is 10.0. The van der Waals surface area contributed by atoms with E-state index in [2.05, 4.69) is 10.2 Å². The molecule has 0 atom stereocenters. The molecule has 2 aliphatic rings. The number of nitrogens with one attached hydrogen (secondary N) is 1. The number of rotatable bonds is 2. The lowest BCUT2D eigenvalue weighted by molar-refractivity contribution is -0.180. The molecular weight excluding hydrogens is 288 g/mol. The molecule has 0 saturated carbocycles. The summed E-state index contributed by atoms with van der Waals surface area (Å²) < 4.78 is 16.6. The number of nitrogens with zero attached hydrogens (tertiary/aromatic N) is 1. The quantitative estimate of drug-likeness (QED) is 0.845. The smallest absolute Gasteiger partial charge is 0.173 e. The Hall–Kier alpha value is -1.37. The van der Waals surface area contributed by atoms with Gasteiger partial charge in [0.25, 0.3) is 0 Å². The van der Waals surface area contributed by atoms with Gasteiger partial charge in [0.1, 0.15) is 5.75 Å². The summed E-state index contributed by atoms with van der Waals surface area (Å²) in [7, 11) is 1.66. The second-order valence-electron chi connectivity index (χ2n) is 5.25. The molecule has 2 heterocycles. The van der Waals surface area contributed by atoms with Crippen molar-refractivity contribution in [1.29, 1.82) is 0 Å². The molecule has 0 radical (unpaired) electrons. The molecule has 5 nitrogen and oxygen atoms in total. The summed E-state index contributed by atoms with van der Waals surface area (Å²) >= 11 is 5.48. The van der Waals surface area contributed by atoms with Crippen LogP contribution in [0.2, 0.25) is 0 Å². The van der Waals surface area contributed by atoms with E-state index in [1.807, 2.05) is 24.3 Å². The number of hydrogen-bond acceptors (Lipinski definition) is 4. The molecule has 2 saturated heterocycles. The van der Waals surface area contributed by atoms with Gasteiger partial charge in [-0.2, -0.15) is 0 Å². The van der Waals surface area contributed by atoms with Gasteiger partial charge in [0.2, 0.25) is 0 Å². The Labute approximate surface area is 130 Å². The monoisotopic (exact) mass is 308 g/mol. The average molecular weight is 308 g/mol. The second-order valence-corrected chi connectivity index (χ2v) is 5.64. The summed E-state index contributed by atoms with van der Waals surface area (Å²) in [6.45, 7) is 3.10. The zero-order valence-corrected chi connectivity index (χ0v) is 12.9. The number of likely N-dealkylation sites (tertiary alicyclic amines) is 1. The van der Waals surface area contributed by atoms with E-state index in [4.69, 9.17) is 26.4 Å². The van der Waals surface area contributed by atoms with Gasteiger partial charge >= 0.3 is 0 Å². The van der Waals surface area contributed by atoms with E-state index in [9.17, 15) is 0 Å². The Balaban J connectivity index is 1.54. The van der Waals surface area contributed by atoms with Crippen LogP contribution in [0.25, 0.3) is 0 Å². The summed E-state index contributed by atoms with van der Waals surface area (Å²) in [4.78, 5) is 2.16. The fourth-order valence-corrected chi connectivity index (χ4v) is 3.01. The molecule has 1 aromatic rings. The van der Waals surface area contributed by atoms with Crippen LogP contribution in [0.4, 0.5) is 5.69 Å². The Morgan fingerprint density at radius 2 is 1.81 bits per heavy atom. The summed E-state index contributed by atoms with van der Waals surface area (Å²) in [6, 6.07) is 7.74. The van der Waals surface area contributed by atoms with Crippen LogP contribution < -0.4 is 10.1 Å². The second kappa shape index (κ2) is 6.17. The minimum Gasteiger partial charge on any atom is -0.497 e. The maximum atomic E-state index is 5.73. The molecule has 0 unspecified atom stereocenters. The first-order chi connectivity index (χ1) is 10.2. The summed E-state index contributed by atoms with van der Waals surface area (Å²) in [5.41, 5.74) is 0.967. The molecule has 2 aliphatic heterocycles. The van der Waals surface area contributed by atoms with Crippen LogP contribution in [0, 0.1) is 0 Å². The maximum Gasteiger partial charge on any atom is 0.173 e. The van der Waals surface area contributed by atoms with E-state index in [0.29, 0.717) is 13.2 Å². The SMILES string of the molecule is COc1ccc(NC(=S)N2CCC3(CC2)OCCO3)cc1. The minimum absolute atomic E-state index is 0.355. The van der Waals surface area contributed by atoms with Crippen molar-refractivity contribution in [3.05, 3.63) is 24.3 Å². The van der Waals surface area contributed by atoms with Crippen LogP contribution in [0.1, 0.15) is 12.8 Å². The molecule has 114 valence electrons. The molecule has 0 amide bonds. The highest BCUT2D eigenvalue weighted by molar-refractivity contribution is 7.80. The van der Waals surface area contributed by atoms with Crippen molar-refractivity contribution in [3.8, 4) is 5.75 Å². The van der Waals surface area contributed by atoms with Gasteiger partial charge in [-0.25, -0.2) is 0 Å². The zero-order chi connectivity index (χ0) is 14.7. The third-order valence-corrected chi connectivity index (χ3v) is 4.33. The van der Waals surface area contributed by atoms with Crippen LogP contribution in [-0.4, -0.2) is 49.2 Å². The van der Waals surface area contributed by atoms with Crippen LogP contribution >= 0.6 is 12.2 Å². The molecule has 6 heteroatoms. The first kappa shape index (κ1) is 14.6. The number of methoxy groups -OCH3 is 1. The van der Waals surface area contributed by atoms with E-state index in [1.54, 1.807) is 7.11 Å². The fraction of sp³-hybridized carbons (Fsp3) is 0.533. The number of ether oxygens (including phenoxy) is 3. The molecule has 1 spiro atoms. The minimum atomic E-state index is -0.355. The largest absolute Gasteiger partial charge is 0.497 e. The molecule has 21 heavy (non-hydrogen) atoms. The molecule has 0 aliphatic carbocycles. The van der Waals surface area contributed by atoms with Crippen LogP contribution in [0.5, 0.6) is 5.75 Å². The topological polar surface area (TPSA) is 43.0 Å². The molecule has 2 fully saturated rings. The van der Waals surface area contributed by atoms with Crippen molar-refractivity contribution in [2.24, 2.45) is 0 Å². The van der Waals surface area contributed by atoms with E-state index in [1.165, 1.54) is 0 Å². The van der Waals surface area contributed by atoms with Crippen LogP contribution in [-0.2, 0) is 9.47 Å². The highest BCUT2D eigenvalue weighted by atomic mass is 32.1. The fourth-order valence-electron chi connectivity index (χ4n) is 2.71. The zero-order valence-electron chi connectivity index (χ0n) is 12.1. The average Bonchev–Trinajstić information content (AvgIpc) is 2.97. The van der Waals surface area contributed by atoms with Gasteiger partial charge in [0.15, 0.2) is 10.9 Å². The number of piperidine rings is 1. The highest BCUT2D eigenvalue weighted by Gasteiger charge is 2.40. The summed E-state index contributed by atoms with van der Waals surface area (Å²) in [5.74, 6) is 0.480. The Bertz CT molecular complexity index is 490. The van der Waals surface area contributed by atoms with E-state index in [-0.39, 0.29) is 5.79 Å². The van der Waals surface area contributed by atoms with Crippen molar-refractivity contribution in [1.82, 2.24) is 4.90 Å². The standard InChI is InChI=1S/C15H20N2O3S/c1-18-13-4-2-12(3-5-13)16-14(21)17-8-6-15(7-9-17)19-10-11-20-15/h2-5H,6-11H2,1H3,(H,16,21). The van der Waals surface area contributed by atoms with Crippen LogP contribution in [0.15, 0.2) is 24.3 Å². The third kappa shape index (κ3) is 3.28. The van der Waals surface area contributed by atoms with Gasteiger partial charge in [-0.05, 0) is 36.5 Å². The molecular formula is C15H20N2O3S. The normalized spacial score (nSPS) is 20.5. The van der Waals surface area contributed by atoms with Gasteiger partial charge in [-0.3, -0.25) is 0 Å². The maximum absolute atomic E-state index is 5.73. The first-order valence-corrected chi connectivity index (χ1v) is 7.59. The molecule has 1 N–H and O–H groups in total. The predicted molar refractivity (Wildman–Crippen MR) is 84.7 cm³/mol. The summed E-state index contributed by atoms with van der Waals surface area (Å²) in [5, 5.41) is 4.01. The van der Waals surface area contributed by atoms with Gasteiger partial charge in [-0.15, -0.1) is 0 Å². The molecule has 0 bridgehead atoms. The number of hydrogen-bond donors (Lipinski definition) is 1. The van der Waals surface area contributed by atoms with Crippen molar-refractivity contribution in [3.63, 3.8) is 0 Å². The Morgan fingerprint density at radius 1 is 1.19 bits per heavy atom. The predicted octanol–water partition coefficient (Wildman–Crippen LogP) is 2.23. The van der Waals surface area contributed by atoms with Crippen molar-refractivity contribution >= 4 is 23.0 Å². The third-order valence-electron chi connectivity index (χ3n) is 3.97. The lowest BCUT2D eigenvalue weighted by Crippen LogP contribution is -2.48. The van der Waals surface area contributed by atoms with E-state index in [0.717, 1.165) is 42.5 Å². The van der Waals surface area contributed by atoms with E-state index < -0.39 is 0 Å². The summed E-state index contributed by atoms with van der Waals surface area (Å²) in [6.07, 6.45) is 1.72. The number of thiocarbonyl (C=S) groups is 1. The van der Waals surface area contributed by atoms with E-state index >= 15 is 0 Å². The van der Waals surface area contributed by atoms with Gasteiger partial charge in [0, 0.05) is 31.6 Å². The Kier molecular flexibility index (Phi) is 4.28. The van der Waals surface area contributed by atoms with Crippen molar-refractivity contribution < 1.29 is 14.2 Å². The van der Waals surface area contributed by atoms with Gasteiger partial charge in [-0.1, -0.05) is 0 Å². The number of anilines is 1. The van der Waals surface area contributed by atoms with Gasteiger partial charge in [0.05, 0.1) is 20.3 Å². The highest BCUT2D eigenvalue weighted by Crippen LogP contribution is 2.31. The van der Waals surface area contributed by atoms with Gasteiger partial charge < -0.3 is 24.4 Å². The van der Waals surface area contributed by atoms with Crippen molar-refractivity contribution in [2.45, 2.75) is 18.6 Å². The van der Waals surface area contributed by atoms with Crippen molar-refractivity contribution in [2.75, 3.05) is 38.7 Å². The molecule has 1 aromatic carbocycles.